The second-order valence-corrected chi connectivity index (χ2v) is 7.49. The Morgan fingerprint density at radius 2 is 1.79 bits per heavy atom. The zero-order chi connectivity index (χ0) is 20.8. The number of aromatic hydroxyl groups is 1. The molecule has 3 rings (SSSR count). The van der Waals surface area contributed by atoms with Gasteiger partial charge in [-0.15, -0.1) is 0 Å². The van der Waals surface area contributed by atoms with Gasteiger partial charge < -0.3 is 20.6 Å². The maximum Gasteiger partial charge on any atom is 0.225 e. The number of halogens is 2. The zero-order valence-electron chi connectivity index (χ0n) is 16.2. The zero-order valence-corrected chi connectivity index (χ0v) is 17.7. The highest BCUT2D eigenvalue weighted by Gasteiger charge is 2.11. The highest BCUT2D eigenvalue weighted by atomic mass is 35.5. The third kappa shape index (κ3) is 5.93. The summed E-state index contributed by atoms with van der Waals surface area (Å²) in [5.74, 6) is 0.887. The molecule has 29 heavy (non-hydrogen) atoms. The summed E-state index contributed by atoms with van der Waals surface area (Å²) in [6.07, 6.45) is 2.67. The monoisotopic (exact) mass is 432 g/mol. The molecule has 0 aliphatic carbocycles. The lowest BCUT2D eigenvalue weighted by molar-refractivity contribution is 0.405. The van der Waals surface area contributed by atoms with Gasteiger partial charge in [0.25, 0.3) is 0 Å². The van der Waals surface area contributed by atoms with Crippen molar-refractivity contribution in [1.82, 2.24) is 19.9 Å². The number of aromatic nitrogens is 3. The third-order valence-electron chi connectivity index (χ3n) is 4.01. The van der Waals surface area contributed by atoms with Crippen LogP contribution in [0.2, 0.25) is 10.0 Å². The molecule has 0 fully saturated rings. The molecule has 0 aliphatic rings. The minimum Gasteiger partial charge on any atom is -0.505 e. The van der Waals surface area contributed by atoms with Crippen LogP contribution in [0, 0.1) is 0 Å². The number of rotatable bonds is 8. The number of hydrogen-bond donors (Lipinski definition) is 3. The fourth-order valence-electron chi connectivity index (χ4n) is 2.62. The van der Waals surface area contributed by atoms with Crippen molar-refractivity contribution in [3.05, 3.63) is 52.6 Å². The van der Waals surface area contributed by atoms with Crippen molar-refractivity contribution in [2.45, 2.75) is 6.42 Å². The first-order chi connectivity index (χ1) is 13.9. The highest BCUT2D eigenvalue weighted by molar-refractivity contribution is 6.37. The molecule has 0 spiro atoms. The molecule has 0 bridgehead atoms. The van der Waals surface area contributed by atoms with Crippen LogP contribution in [0.25, 0.3) is 11.4 Å². The van der Waals surface area contributed by atoms with E-state index in [1.165, 1.54) is 0 Å². The predicted molar refractivity (Wildman–Crippen MR) is 118 cm³/mol. The molecular weight excluding hydrogens is 411 g/mol. The van der Waals surface area contributed by atoms with Crippen molar-refractivity contribution in [2.24, 2.45) is 0 Å². The van der Waals surface area contributed by atoms with Crippen LogP contribution in [0.5, 0.6) is 5.75 Å². The number of phenols is 1. The molecule has 0 unspecified atom stereocenters. The van der Waals surface area contributed by atoms with Gasteiger partial charge in [-0.25, -0.2) is 4.98 Å². The van der Waals surface area contributed by atoms with Crippen molar-refractivity contribution >= 4 is 40.7 Å². The molecule has 1 aromatic carbocycles. The first kappa shape index (κ1) is 21.1. The van der Waals surface area contributed by atoms with Crippen LogP contribution in [-0.4, -0.2) is 52.1 Å². The van der Waals surface area contributed by atoms with Gasteiger partial charge in [0.15, 0.2) is 5.75 Å². The van der Waals surface area contributed by atoms with Crippen molar-refractivity contribution in [3.63, 3.8) is 0 Å². The fourth-order valence-corrected chi connectivity index (χ4v) is 3.10. The van der Waals surface area contributed by atoms with Crippen molar-refractivity contribution in [2.75, 3.05) is 37.8 Å². The van der Waals surface area contributed by atoms with Crippen LogP contribution in [0.15, 0.2) is 42.6 Å². The topological polar surface area (TPSA) is 86.2 Å². The fraction of sp³-hybridized carbons (Fsp3) is 0.250. The Morgan fingerprint density at radius 1 is 1.03 bits per heavy atom. The average molecular weight is 433 g/mol. The van der Waals surface area contributed by atoms with E-state index in [1.807, 2.05) is 32.3 Å². The molecule has 152 valence electrons. The van der Waals surface area contributed by atoms with Crippen LogP contribution in [0.3, 0.4) is 0 Å². The Hall–Kier alpha value is -2.61. The summed E-state index contributed by atoms with van der Waals surface area (Å²) < 4.78 is 0. The molecular formula is C20H22Cl2N6O. The third-order valence-corrected chi connectivity index (χ3v) is 4.58. The molecule has 0 atom stereocenters. The summed E-state index contributed by atoms with van der Waals surface area (Å²) in [4.78, 5) is 15.6. The van der Waals surface area contributed by atoms with E-state index in [9.17, 15) is 5.11 Å². The van der Waals surface area contributed by atoms with Crippen molar-refractivity contribution in [3.8, 4) is 17.1 Å². The molecule has 0 aliphatic heterocycles. The minimum absolute atomic E-state index is 0.154. The van der Waals surface area contributed by atoms with E-state index in [0.717, 1.165) is 25.2 Å². The number of nitrogens with zero attached hydrogens (tertiary/aromatic N) is 4. The SMILES string of the molecule is CN(C)CCCNc1nc(Nc2cc(Cl)c(O)c(Cl)c2)cc(-c2ccccn2)n1. The minimum atomic E-state index is -0.154. The summed E-state index contributed by atoms with van der Waals surface area (Å²) in [7, 11) is 4.07. The molecule has 0 saturated heterocycles. The number of phenolic OH excluding ortho intramolecular Hbond substituents is 1. The van der Waals surface area contributed by atoms with E-state index in [1.54, 1.807) is 24.4 Å². The second kappa shape index (κ2) is 9.73. The van der Waals surface area contributed by atoms with Gasteiger partial charge in [-0.2, -0.15) is 4.98 Å². The normalized spacial score (nSPS) is 10.9. The van der Waals surface area contributed by atoms with E-state index in [2.05, 4.69) is 30.5 Å². The Bertz CT molecular complexity index is 945. The predicted octanol–water partition coefficient (Wildman–Crippen LogP) is 4.66. The largest absolute Gasteiger partial charge is 0.505 e. The Labute approximate surface area is 179 Å². The Kier molecular flexibility index (Phi) is 7.09. The molecule has 7 nitrogen and oxygen atoms in total. The van der Waals surface area contributed by atoms with Crippen molar-refractivity contribution < 1.29 is 5.11 Å². The second-order valence-electron chi connectivity index (χ2n) is 6.67. The summed E-state index contributed by atoms with van der Waals surface area (Å²) in [5.41, 5.74) is 2.01. The van der Waals surface area contributed by atoms with Gasteiger partial charge in [0, 0.05) is 24.5 Å². The quantitative estimate of drug-likeness (QED) is 0.352. The summed E-state index contributed by atoms with van der Waals surface area (Å²) in [5, 5.41) is 16.5. The molecule has 3 aromatic rings. The average Bonchev–Trinajstić information content (AvgIpc) is 2.70. The van der Waals surface area contributed by atoms with E-state index in [0.29, 0.717) is 23.1 Å². The van der Waals surface area contributed by atoms with Crippen LogP contribution in [0.1, 0.15) is 6.42 Å². The number of benzene rings is 1. The summed E-state index contributed by atoms with van der Waals surface area (Å²) >= 11 is 12.0. The maximum atomic E-state index is 9.75. The maximum absolute atomic E-state index is 9.75. The first-order valence-electron chi connectivity index (χ1n) is 9.06. The molecule has 2 aromatic heterocycles. The number of hydrogen-bond acceptors (Lipinski definition) is 7. The molecule has 0 saturated carbocycles. The Balaban J connectivity index is 1.87. The van der Waals surface area contributed by atoms with Crippen molar-refractivity contribution in [1.29, 1.82) is 0 Å². The molecule has 0 radical (unpaired) electrons. The van der Waals surface area contributed by atoms with Gasteiger partial charge in [-0.05, 0) is 51.3 Å². The lowest BCUT2D eigenvalue weighted by Gasteiger charge is -2.13. The first-order valence-corrected chi connectivity index (χ1v) is 9.82. The summed E-state index contributed by atoms with van der Waals surface area (Å²) in [6, 6.07) is 10.6. The van der Waals surface area contributed by atoms with E-state index in [-0.39, 0.29) is 15.8 Å². The molecule has 0 amide bonds. The van der Waals surface area contributed by atoms with E-state index >= 15 is 0 Å². The lowest BCUT2D eigenvalue weighted by Crippen LogP contribution is -2.17. The molecule has 9 heteroatoms. The summed E-state index contributed by atoms with van der Waals surface area (Å²) in [6.45, 7) is 1.70. The van der Waals surface area contributed by atoms with Gasteiger partial charge in [-0.3, -0.25) is 4.98 Å². The standard InChI is InChI=1S/C20H22Cl2N6O/c1-28(2)9-5-8-24-20-26-17(16-6-3-4-7-23-16)12-18(27-20)25-13-10-14(21)19(29)15(22)11-13/h3-4,6-7,10-12,29H,5,8-9H2,1-2H3,(H2,24,25,26,27). The molecule has 3 N–H and O–H groups in total. The van der Waals surface area contributed by atoms with Crippen LogP contribution in [-0.2, 0) is 0 Å². The van der Waals surface area contributed by atoms with E-state index < -0.39 is 0 Å². The van der Waals surface area contributed by atoms with Gasteiger partial charge in [-0.1, -0.05) is 29.3 Å². The van der Waals surface area contributed by atoms with Crippen LogP contribution in [0.4, 0.5) is 17.5 Å². The van der Waals surface area contributed by atoms with Gasteiger partial charge in [0.1, 0.15) is 5.82 Å². The molecule has 2 heterocycles. The van der Waals surface area contributed by atoms with Gasteiger partial charge >= 0.3 is 0 Å². The lowest BCUT2D eigenvalue weighted by atomic mass is 10.2. The van der Waals surface area contributed by atoms with Crippen LogP contribution >= 0.6 is 23.2 Å². The van der Waals surface area contributed by atoms with Gasteiger partial charge in [0.2, 0.25) is 5.95 Å². The Morgan fingerprint density at radius 3 is 2.45 bits per heavy atom. The van der Waals surface area contributed by atoms with E-state index in [4.69, 9.17) is 23.2 Å². The smallest absolute Gasteiger partial charge is 0.225 e. The number of nitrogens with one attached hydrogen (secondary N) is 2. The van der Waals surface area contributed by atoms with Gasteiger partial charge in [0.05, 0.1) is 21.4 Å². The number of pyridine rings is 1. The highest BCUT2D eigenvalue weighted by Crippen LogP contribution is 2.35. The number of anilines is 3. The van der Waals surface area contributed by atoms with Crippen LogP contribution < -0.4 is 10.6 Å².